The quantitative estimate of drug-likeness (QED) is 0.825. The summed E-state index contributed by atoms with van der Waals surface area (Å²) in [6.45, 7) is 2.80. The third kappa shape index (κ3) is 4.07. The number of benzene rings is 1. The summed E-state index contributed by atoms with van der Waals surface area (Å²) in [5, 5.41) is 5.90. The van der Waals surface area contributed by atoms with Crippen LogP contribution in [0.4, 0.5) is 0 Å². The van der Waals surface area contributed by atoms with Crippen LogP contribution >= 0.6 is 22.9 Å². The van der Waals surface area contributed by atoms with Gasteiger partial charge in [-0.3, -0.25) is 5.32 Å². The van der Waals surface area contributed by atoms with Crippen LogP contribution < -0.4 is 5.32 Å². The van der Waals surface area contributed by atoms with Crippen LogP contribution in [0.1, 0.15) is 23.4 Å². The van der Waals surface area contributed by atoms with E-state index in [4.69, 9.17) is 16.3 Å². The van der Waals surface area contributed by atoms with Gasteiger partial charge >= 0.3 is 5.97 Å². The molecule has 3 nitrogen and oxygen atoms in total. The van der Waals surface area contributed by atoms with Crippen LogP contribution in [-0.4, -0.2) is 12.6 Å². The van der Waals surface area contributed by atoms with Crippen molar-refractivity contribution in [1.29, 1.82) is 0 Å². The number of carbonyl (C=O) groups excluding carboxylic acids is 1. The number of esters is 1. The molecule has 0 radical (unpaired) electrons. The number of carbonyl (C=O) groups is 1. The molecule has 1 atom stereocenters. The Morgan fingerprint density at radius 2 is 2.10 bits per heavy atom. The summed E-state index contributed by atoms with van der Waals surface area (Å²) in [6.07, 6.45) is 0. The number of nitrogens with one attached hydrogen (secondary N) is 1. The molecule has 0 saturated carbocycles. The molecule has 0 saturated heterocycles. The Labute approximate surface area is 127 Å². The first-order valence-electron chi connectivity index (χ1n) is 6.38. The normalized spacial score (nSPS) is 12.1. The third-order valence-electron chi connectivity index (χ3n) is 2.79. The van der Waals surface area contributed by atoms with Crippen molar-refractivity contribution in [2.24, 2.45) is 0 Å². The van der Waals surface area contributed by atoms with E-state index in [1.54, 1.807) is 30.4 Å². The zero-order valence-corrected chi connectivity index (χ0v) is 12.7. The van der Waals surface area contributed by atoms with Crippen molar-refractivity contribution in [3.8, 4) is 0 Å². The second kappa shape index (κ2) is 7.43. The van der Waals surface area contributed by atoms with Gasteiger partial charge in [0.1, 0.15) is 6.04 Å². The lowest BCUT2D eigenvalue weighted by Gasteiger charge is -2.17. The maximum absolute atomic E-state index is 12.1. The minimum absolute atomic E-state index is 0.272. The molecule has 0 aliphatic heterocycles. The second-order valence-corrected chi connectivity index (χ2v) is 5.67. The Morgan fingerprint density at radius 3 is 2.70 bits per heavy atom. The van der Waals surface area contributed by atoms with Crippen molar-refractivity contribution in [3.05, 3.63) is 57.2 Å². The number of ether oxygens (including phenoxy) is 1. The van der Waals surface area contributed by atoms with Crippen molar-refractivity contribution in [1.82, 2.24) is 5.32 Å². The minimum atomic E-state index is -0.477. The largest absolute Gasteiger partial charge is 0.465 e. The molecule has 5 heteroatoms. The number of rotatable bonds is 6. The Hall–Kier alpha value is -1.36. The van der Waals surface area contributed by atoms with Crippen molar-refractivity contribution in [2.45, 2.75) is 19.5 Å². The van der Waals surface area contributed by atoms with E-state index >= 15 is 0 Å². The van der Waals surface area contributed by atoms with E-state index in [0.717, 1.165) is 5.56 Å². The standard InChI is InChI=1S/C15H16ClNO2S/c1-2-19-15(18)14(11-5-7-12(16)8-6-11)17-10-13-4-3-9-20-13/h3-9,14,17H,2,10H2,1H3. The molecule has 2 rings (SSSR count). The van der Waals surface area contributed by atoms with E-state index in [1.807, 2.05) is 29.6 Å². The van der Waals surface area contributed by atoms with Crippen molar-refractivity contribution < 1.29 is 9.53 Å². The summed E-state index contributed by atoms with van der Waals surface area (Å²) < 4.78 is 5.13. The molecule has 0 spiro atoms. The number of thiophene rings is 1. The van der Waals surface area contributed by atoms with Crippen molar-refractivity contribution >= 4 is 28.9 Å². The lowest BCUT2D eigenvalue weighted by Crippen LogP contribution is -2.29. The second-order valence-electron chi connectivity index (χ2n) is 4.20. The first kappa shape index (κ1) is 15.0. The molecule has 1 heterocycles. The average Bonchev–Trinajstić information content (AvgIpc) is 2.94. The molecule has 0 bridgehead atoms. The van der Waals surface area contributed by atoms with Gasteiger partial charge in [0.15, 0.2) is 0 Å². The fourth-order valence-corrected chi connectivity index (χ4v) is 2.62. The summed E-state index contributed by atoms with van der Waals surface area (Å²) in [7, 11) is 0. The molecule has 0 amide bonds. The molecule has 20 heavy (non-hydrogen) atoms. The van der Waals surface area contributed by atoms with Gasteiger partial charge < -0.3 is 4.74 Å². The van der Waals surface area contributed by atoms with Gasteiger partial charge in [-0.2, -0.15) is 0 Å². The number of hydrogen-bond acceptors (Lipinski definition) is 4. The maximum Gasteiger partial charge on any atom is 0.327 e. The fraction of sp³-hybridized carbons (Fsp3) is 0.267. The zero-order valence-electron chi connectivity index (χ0n) is 11.1. The lowest BCUT2D eigenvalue weighted by atomic mass is 10.1. The Balaban J connectivity index is 2.11. The fourth-order valence-electron chi connectivity index (χ4n) is 1.83. The third-order valence-corrected chi connectivity index (χ3v) is 3.91. The van der Waals surface area contributed by atoms with Gasteiger partial charge in [-0.1, -0.05) is 29.8 Å². The van der Waals surface area contributed by atoms with Crippen LogP contribution in [0, 0.1) is 0 Å². The molecular formula is C15H16ClNO2S. The Bertz CT molecular complexity index is 540. The van der Waals surface area contributed by atoms with E-state index < -0.39 is 6.04 Å². The molecule has 106 valence electrons. The summed E-state index contributed by atoms with van der Waals surface area (Å²) in [5.74, 6) is -0.272. The van der Waals surface area contributed by atoms with Crippen molar-refractivity contribution in [3.63, 3.8) is 0 Å². The van der Waals surface area contributed by atoms with Gasteiger partial charge in [-0.25, -0.2) is 4.79 Å². The monoisotopic (exact) mass is 309 g/mol. The highest BCUT2D eigenvalue weighted by Gasteiger charge is 2.21. The van der Waals surface area contributed by atoms with E-state index in [0.29, 0.717) is 18.2 Å². The van der Waals surface area contributed by atoms with Gasteiger partial charge in [0.05, 0.1) is 6.61 Å². The topological polar surface area (TPSA) is 38.3 Å². The van der Waals surface area contributed by atoms with E-state index in [2.05, 4.69) is 5.32 Å². The molecular weight excluding hydrogens is 294 g/mol. The van der Waals surface area contributed by atoms with Gasteiger partial charge in [0.2, 0.25) is 0 Å². The Morgan fingerprint density at radius 1 is 1.35 bits per heavy atom. The highest BCUT2D eigenvalue weighted by Crippen LogP contribution is 2.19. The molecule has 1 N–H and O–H groups in total. The van der Waals surface area contributed by atoms with Gasteiger partial charge in [0.25, 0.3) is 0 Å². The van der Waals surface area contributed by atoms with Gasteiger partial charge in [-0.15, -0.1) is 11.3 Å². The Kier molecular flexibility index (Phi) is 5.59. The highest BCUT2D eigenvalue weighted by molar-refractivity contribution is 7.09. The number of hydrogen-bond donors (Lipinski definition) is 1. The van der Waals surface area contributed by atoms with Crippen LogP contribution in [0.2, 0.25) is 5.02 Å². The molecule has 1 aromatic carbocycles. The SMILES string of the molecule is CCOC(=O)C(NCc1cccs1)c1ccc(Cl)cc1. The molecule has 1 unspecified atom stereocenters. The van der Waals surface area contributed by atoms with Crippen LogP contribution in [0.25, 0.3) is 0 Å². The summed E-state index contributed by atoms with van der Waals surface area (Å²) in [4.78, 5) is 13.2. The summed E-state index contributed by atoms with van der Waals surface area (Å²) >= 11 is 7.53. The molecule has 0 aliphatic carbocycles. The van der Waals surface area contributed by atoms with Crippen LogP contribution in [0.5, 0.6) is 0 Å². The highest BCUT2D eigenvalue weighted by atomic mass is 35.5. The zero-order chi connectivity index (χ0) is 14.4. The number of halogens is 1. The predicted molar refractivity (Wildman–Crippen MR) is 82.0 cm³/mol. The maximum atomic E-state index is 12.1. The summed E-state index contributed by atoms with van der Waals surface area (Å²) in [5.41, 5.74) is 0.851. The van der Waals surface area contributed by atoms with Gasteiger partial charge in [0, 0.05) is 16.4 Å². The minimum Gasteiger partial charge on any atom is -0.465 e. The first-order chi connectivity index (χ1) is 9.70. The molecule has 1 aromatic heterocycles. The van der Waals surface area contributed by atoms with Crippen LogP contribution in [-0.2, 0) is 16.1 Å². The summed E-state index contributed by atoms with van der Waals surface area (Å²) in [6, 6.07) is 10.8. The molecule has 0 fully saturated rings. The van der Waals surface area contributed by atoms with Gasteiger partial charge in [-0.05, 0) is 36.1 Å². The average molecular weight is 310 g/mol. The van der Waals surface area contributed by atoms with E-state index in [1.165, 1.54) is 4.88 Å². The predicted octanol–water partition coefficient (Wildman–Crippen LogP) is 3.80. The molecule has 2 aromatic rings. The van der Waals surface area contributed by atoms with E-state index in [-0.39, 0.29) is 5.97 Å². The van der Waals surface area contributed by atoms with Crippen molar-refractivity contribution in [2.75, 3.05) is 6.61 Å². The first-order valence-corrected chi connectivity index (χ1v) is 7.64. The smallest absolute Gasteiger partial charge is 0.327 e. The van der Waals surface area contributed by atoms with Crippen LogP contribution in [0.3, 0.4) is 0 Å². The van der Waals surface area contributed by atoms with E-state index in [9.17, 15) is 4.79 Å². The van der Waals surface area contributed by atoms with Crippen LogP contribution in [0.15, 0.2) is 41.8 Å². The molecule has 0 aliphatic rings. The lowest BCUT2D eigenvalue weighted by molar-refractivity contribution is -0.145.